The zero-order chi connectivity index (χ0) is 13.5. The Morgan fingerprint density at radius 3 is 2.58 bits per heavy atom. The summed E-state index contributed by atoms with van der Waals surface area (Å²) < 4.78 is 6.55. The predicted octanol–water partition coefficient (Wildman–Crippen LogP) is 2.61. The number of carbonyl (C=O) groups excluding carboxylic acids is 1. The molecule has 3 nitrogen and oxygen atoms in total. The van der Waals surface area contributed by atoms with Crippen molar-refractivity contribution in [2.75, 3.05) is 6.61 Å². The van der Waals surface area contributed by atoms with Crippen LogP contribution in [0.15, 0.2) is 53.0 Å². The first kappa shape index (κ1) is 12.2. The number of nitrogens with two attached hydrogens (primary N) is 1. The number of hydrogen-bond acceptors (Lipinski definition) is 2. The van der Waals surface area contributed by atoms with E-state index in [1.165, 1.54) is 0 Å². The normalized spacial score (nSPS) is 20.7. The van der Waals surface area contributed by atoms with E-state index in [1.54, 1.807) is 0 Å². The van der Waals surface area contributed by atoms with Crippen molar-refractivity contribution in [3.63, 3.8) is 0 Å². The molecule has 0 bridgehead atoms. The SMILES string of the molecule is NC(=O)[C@@]1(c2ccccc2)COc2c(Br)cccc21. The van der Waals surface area contributed by atoms with Gasteiger partial charge in [-0.25, -0.2) is 0 Å². The number of carbonyl (C=O) groups is 1. The Balaban J connectivity index is 2.28. The molecule has 2 aromatic rings. The first-order chi connectivity index (χ1) is 9.16. The van der Waals surface area contributed by atoms with Gasteiger partial charge in [-0.3, -0.25) is 4.79 Å². The predicted molar refractivity (Wildman–Crippen MR) is 76.1 cm³/mol. The zero-order valence-electron chi connectivity index (χ0n) is 10.1. The van der Waals surface area contributed by atoms with Crippen LogP contribution in [0.4, 0.5) is 0 Å². The van der Waals surface area contributed by atoms with E-state index < -0.39 is 11.3 Å². The van der Waals surface area contributed by atoms with Crippen molar-refractivity contribution in [1.29, 1.82) is 0 Å². The number of primary amides is 1. The summed E-state index contributed by atoms with van der Waals surface area (Å²) in [5, 5.41) is 0. The molecule has 96 valence electrons. The topological polar surface area (TPSA) is 52.3 Å². The molecule has 0 aliphatic carbocycles. The number of para-hydroxylation sites is 1. The summed E-state index contributed by atoms with van der Waals surface area (Å²) in [7, 11) is 0. The number of fused-ring (bicyclic) bond motifs is 1. The van der Waals surface area contributed by atoms with Crippen LogP contribution in [0.1, 0.15) is 11.1 Å². The molecule has 0 spiro atoms. The van der Waals surface area contributed by atoms with Gasteiger partial charge in [-0.05, 0) is 27.6 Å². The highest BCUT2D eigenvalue weighted by molar-refractivity contribution is 9.10. The van der Waals surface area contributed by atoms with E-state index >= 15 is 0 Å². The van der Waals surface area contributed by atoms with Crippen molar-refractivity contribution in [3.8, 4) is 5.75 Å². The van der Waals surface area contributed by atoms with E-state index in [2.05, 4.69) is 15.9 Å². The second kappa shape index (κ2) is 4.38. The van der Waals surface area contributed by atoms with E-state index in [4.69, 9.17) is 10.5 Å². The summed E-state index contributed by atoms with van der Waals surface area (Å²) >= 11 is 3.44. The highest BCUT2D eigenvalue weighted by Crippen LogP contribution is 2.46. The lowest BCUT2D eigenvalue weighted by Gasteiger charge is -2.24. The summed E-state index contributed by atoms with van der Waals surface area (Å²) in [6, 6.07) is 15.2. The fourth-order valence-corrected chi connectivity index (χ4v) is 3.04. The average molecular weight is 318 g/mol. The van der Waals surface area contributed by atoms with Crippen molar-refractivity contribution >= 4 is 21.8 Å². The number of hydrogen-bond donors (Lipinski definition) is 1. The van der Waals surface area contributed by atoms with Crippen LogP contribution < -0.4 is 10.5 Å². The second-order valence-electron chi connectivity index (χ2n) is 4.54. The van der Waals surface area contributed by atoms with Crippen LogP contribution in [-0.4, -0.2) is 12.5 Å². The van der Waals surface area contributed by atoms with Crippen LogP contribution in [0.3, 0.4) is 0 Å². The average Bonchev–Trinajstić information content (AvgIpc) is 2.82. The summed E-state index contributed by atoms with van der Waals surface area (Å²) in [6.07, 6.45) is 0. The Morgan fingerprint density at radius 2 is 1.89 bits per heavy atom. The minimum absolute atomic E-state index is 0.240. The fraction of sp³-hybridized carbons (Fsp3) is 0.133. The monoisotopic (exact) mass is 317 g/mol. The molecule has 0 fully saturated rings. The van der Waals surface area contributed by atoms with Crippen LogP contribution in [0.5, 0.6) is 5.75 Å². The van der Waals surface area contributed by atoms with E-state index in [1.807, 2.05) is 48.5 Å². The molecule has 1 atom stereocenters. The van der Waals surface area contributed by atoms with Gasteiger partial charge in [0.1, 0.15) is 17.8 Å². The van der Waals surface area contributed by atoms with Crippen LogP contribution in [0.2, 0.25) is 0 Å². The molecule has 19 heavy (non-hydrogen) atoms. The van der Waals surface area contributed by atoms with Gasteiger partial charge >= 0.3 is 0 Å². The largest absolute Gasteiger partial charge is 0.490 e. The number of benzene rings is 2. The second-order valence-corrected chi connectivity index (χ2v) is 5.40. The number of amides is 1. The molecular weight excluding hydrogens is 306 g/mol. The Kier molecular flexibility index (Phi) is 2.82. The van der Waals surface area contributed by atoms with Crippen molar-refractivity contribution in [2.45, 2.75) is 5.41 Å². The molecule has 1 aliphatic rings. The summed E-state index contributed by atoms with van der Waals surface area (Å²) in [5.74, 6) is 0.306. The van der Waals surface area contributed by atoms with Crippen LogP contribution in [0.25, 0.3) is 0 Å². The minimum atomic E-state index is -0.902. The summed E-state index contributed by atoms with van der Waals surface area (Å²) in [5.41, 5.74) is 6.47. The van der Waals surface area contributed by atoms with Gasteiger partial charge in [-0.1, -0.05) is 42.5 Å². The van der Waals surface area contributed by atoms with Crippen molar-refractivity contribution in [2.24, 2.45) is 5.73 Å². The van der Waals surface area contributed by atoms with Gasteiger partial charge in [-0.15, -0.1) is 0 Å². The van der Waals surface area contributed by atoms with E-state index in [0.29, 0.717) is 5.75 Å². The fourth-order valence-electron chi connectivity index (χ4n) is 2.56. The molecule has 1 aliphatic heterocycles. The molecule has 1 amide bonds. The van der Waals surface area contributed by atoms with Gasteiger partial charge < -0.3 is 10.5 Å². The summed E-state index contributed by atoms with van der Waals surface area (Å²) in [4.78, 5) is 12.1. The van der Waals surface area contributed by atoms with Crippen LogP contribution >= 0.6 is 15.9 Å². The first-order valence-corrected chi connectivity index (χ1v) is 6.73. The van der Waals surface area contributed by atoms with E-state index in [0.717, 1.165) is 15.6 Å². The van der Waals surface area contributed by atoms with Crippen molar-refractivity contribution in [3.05, 3.63) is 64.1 Å². The lowest BCUT2D eigenvalue weighted by Crippen LogP contribution is -2.43. The van der Waals surface area contributed by atoms with Crippen molar-refractivity contribution < 1.29 is 9.53 Å². The summed E-state index contributed by atoms with van der Waals surface area (Å²) in [6.45, 7) is 0.240. The molecule has 0 saturated carbocycles. The van der Waals surface area contributed by atoms with E-state index in [-0.39, 0.29) is 6.61 Å². The quantitative estimate of drug-likeness (QED) is 0.925. The van der Waals surface area contributed by atoms with Crippen LogP contribution in [0, 0.1) is 0 Å². The molecule has 0 aromatic heterocycles. The van der Waals surface area contributed by atoms with Crippen LogP contribution in [-0.2, 0) is 10.2 Å². The molecule has 1 heterocycles. The van der Waals surface area contributed by atoms with E-state index in [9.17, 15) is 4.79 Å². The number of ether oxygens (including phenoxy) is 1. The molecule has 0 unspecified atom stereocenters. The van der Waals surface area contributed by atoms with Crippen molar-refractivity contribution in [1.82, 2.24) is 0 Å². The maximum Gasteiger partial charge on any atom is 0.236 e. The molecule has 3 rings (SSSR count). The van der Waals surface area contributed by atoms with Gasteiger partial charge in [0.2, 0.25) is 5.91 Å². The Hall–Kier alpha value is -1.81. The first-order valence-electron chi connectivity index (χ1n) is 5.93. The third kappa shape index (κ3) is 1.67. The highest BCUT2D eigenvalue weighted by Gasteiger charge is 2.48. The van der Waals surface area contributed by atoms with Gasteiger partial charge in [0.15, 0.2) is 0 Å². The third-order valence-corrected chi connectivity index (χ3v) is 4.17. The number of halogens is 1. The Bertz CT molecular complexity index is 642. The number of rotatable bonds is 2. The standard InChI is InChI=1S/C15H12BrNO2/c16-12-8-4-7-11-13(12)19-9-15(11,14(17)18)10-5-2-1-3-6-10/h1-8H,9H2,(H2,17,18)/t15-/m1/s1. The highest BCUT2D eigenvalue weighted by atomic mass is 79.9. The zero-order valence-corrected chi connectivity index (χ0v) is 11.7. The Labute approximate surface area is 119 Å². The van der Waals surface area contributed by atoms with Gasteiger partial charge in [0.05, 0.1) is 4.47 Å². The molecule has 0 saturated heterocycles. The van der Waals surface area contributed by atoms with Gasteiger partial charge in [0, 0.05) is 5.56 Å². The lowest BCUT2D eigenvalue weighted by molar-refractivity contribution is -0.122. The molecular formula is C15H12BrNO2. The smallest absolute Gasteiger partial charge is 0.236 e. The third-order valence-electron chi connectivity index (χ3n) is 3.55. The van der Waals surface area contributed by atoms with Gasteiger partial charge in [-0.2, -0.15) is 0 Å². The van der Waals surface area contributed by atoms with Gasteiger partial charge in [0.25, 0.3) is 0 Å². The lowest BCUT2D eigenvalue weighted by atomic mass is 9.75. The molecule has 2 N–H and O–H groups in total. The Morgan fingerprint density at radius 1 is 1.16 bits per heavy atom. The maximum atomic E-state index is 12.1. The molecule has 4 heteroatoms. The molecule has 0 radical (unpaired) electrons. The molecule has 2 aromatic carbocycles. The minimum Gasteiger partial charge on any atom is -0.490 e. The maximum absolute atomic E-state index is 12.1.